The number of amides is 1. The van der Waals surface area contributed by atoms with E-state index in [1.54, 1.807) is 18.3 Å². The lowest BCUT2D eigenvalue weighted by molar-refractivity contribution is 0.0952. The van der Waals surface area contributed by atoms with Crippen LogP contribution in [0.1, 0.15) is 27.2 Å². The summed E-state index contributed by atoms with van der Waals surface area (Å²) in [6, 6.07) is 19.1. The maximum atomic E-state index is 13.1. The molecular weight excluding hydrogens is 382 g/mol. The first kappa shape index (κ1) is 19.1. The van der Waals surface area contributed by atoms with Gasteiger partial charge >= 0.3 is 0 Å². The number of rotatable bonds is 4. The average Bonchev–Trinajstić information content (AvgIpc) is 2.72. The molecule has 0 bridgehead atoms. The molecule has 0 saturated heterocycles. The molecule has 2 heterocycles. The lowest BCUT2D eigenvalue weighted by atomic mass is 9.99. The summed E-state index contributed by atoms with van der Waals surface area (Å²) in [6.07, 6.45) is 1.71. The van der Waals surface area contributed by atoms with Crippen LogP contribution in [0, 0.1) is 13.8 Å². The van der Waals surface area contributed by atoms with Crippen molar-refractivity contribution in [2.75, 3.05) is 0 Å². The normalized spacial score (nSPS) is 10.9. The third kappa shape index (κ3) is 4.13. The minimum Gasteiger partial charge on any atom is -0.346 e. The maximum absolute atomic E-state index is 13.1. The van der Waals surface area contributed by atoms with Crippen molar-refractivity contribution in [2.24, 2.45) is 0 Å². The fourth-order valence-electron chi connectivity index (χ4n) is 3.39. The Labute approximate surface area is 174 Å². The molecule has 2 aromatic heterocycles. The predicted molar refractivity (Wildman–Crippen MR) is 117 cm³/mol. The number of carbonyl (C=O) groups excluding carboxylic acids is 1. The zero-order valence-corrected chi connectivity index (χ0v) is 17.0. The lowest BCUT2D eigenvalue weighted by Crippen LogP contribution is -2.23. The van der Waals surface area contributed by atoms with Gasteiger partial charge in [-0.3, -0.25) is 9.78 Å². The van der Waals surface area contributed by atoms with Crippen molar-refractivity contribution >= 4 is 28.4 Å². The SMILES string of the molecule is Cc1ccc(-c2cc(C(=O)NCc3ccccn3)c3cc(Cl)ccc3n2)c(C)c1. The highest BCUT2D eigenvalue weighted by Gasteiger charge is 2.15. The molecule has 0 spiro atoms. The van der Waals surface area contributed by atoms with Crippen molar-refractivity contribution in [3.63, 3.8) is 0 Å². The molecule has 0 aliphatic carbocycles. The van der Waals surface area contributed by atoms with Gasteiger partial charge in [-0.15, -0.1) is 0 Å². The number of carbonyl (C=O) groups is 1. The third-order valence-corrected chi connectivity index (χ3v) is 5.06. The number of pyridine rings is 2. The van der Waals surface area contributed by atoms with E-state index in [1.165, 1.54) is 5.56 Å². The van der Waals surface area contributed by atoms with Gasteiger partial charge in [-0.1, -0.05) is 41.4 Å². The molecule has 0 aliphatic rings. The standard InChI is InChI=1S/C24H20ClN3O/c1-15-6-8-19(16(2)11-15)23-13-21(20-12-17(25)7-9-22(20)28-23)24(29)27-14-18-5-3-4-10-26-18/h3-13H,14H2,1-2H3,(H,27,29). The molecule has 144 valence electrons. The smallest absolute Gasteiger partial charge is 0.252 e. The largest absolute Gasteiger partial charge is 0.346 e. The number of nitrogens with zero attached hydrogens (tertiary/aromatic N) is 2. The highest BCUT2D eigenvalue weighted by molar-refractivity contribution is 6.31. The van der Waals surface area contributed by atoms with E-state index in [0.29, 0.717) is 17.1 Å². The minimum absolute atomic E-state index is 0.184. The molecule has 29 heavy (non-hydrogen) atoms. The Morgan fingerprint density at radius 1 is 1.03 bits per heavy atom. The highest BCUT2D eigenvalue weighted by Crippen LogP contribution is 2.29. The van der Waals surface area contributed by atoms with Crippen molar-refractivity contribution in [1.29, 1.82) is 0 Å². The van der Waals surface area contributed by atoms with E-state index in [0.717, 1.165) is 33.4 Å². The van der Waals surface area contributed by atoms with E-state index in [2.05, 4.69) is 36.3 Å². The van der Waals surface area contributed by atoms with Crippen LogP contribution in [-0.4, -0.2) is 15.9 Å². The number of hydrogen-bond donors (Lipinski definition) is 1. The van der Waals surface area contributed by atoms with Crippen LogP contribution < -0.4 is 5.32 Å². The zero-order chi connectivity index (χ0) is 20.4. The van der Waals surface area contributed by atoms with Crippen LogP contribution in [0.25, 0.3) is 22.2 Å². The number of halogens is 1. The average molecular weight is 402 g/mol. The molecule has 4 rings (SSSR count). The summed E-state index contributed by atoms with van der Waals surface area (Å²) in [5, 5.41) is 4.25. The van der Waals surface area contributed by atoms with E-state index in [-0.39, 0.29) is 5.91 Å². The van der Waals surface area contributed by atoms with E-state index in [9.17, 15) is 4.79 Å². The van der Waals surface area contributed by atoms with Gasteiger partial charge in [-0.05, 0) is 55.8 Å². The number of aryl methyl sites for hydroxylation is 2. The summed E-state index contributed by atoms with van der Waals surface area (Å²) in [4.78, 5) is 22.1. The Kier molecular flexibility index (Phi) is 5.28. The van der Waals surface area contributed by atoms with Gasteiger partial charge < -0.3 is 5.32 Å². The fraction of sp³-hybridized carbons (Fsp3) is 0.125. The number of fused-ring (bicyclic) bond motifs is 1. The van der Waals surface area contributed by atoms with Crippen LogP contribution in [0.4, 0.5) is 0 Å². The molecule has 0 radical (unpaired) electrons. The maximum Gasteiger partial charge on any atom is 0.252 e. The Hall–Kier alpha value is -3.24. The molecule has 4 aromatic rings. The predicted octanol–water partition coefficient (Wildman–Crippen LogP) is 5.50. The van der Waals surface area contributed by atoms with Crippen LogP contribution in [0.15, 0.2) is 66.9 Å². The number of nitrogens with one attached hydrogen (secondary N) is 1. The van der Waals surface area contributed by atoms with Gasteiger partial charge in [0.25, 0.3) is 5.91 Å². The lowest BCUT2D eigenvalue weighted by Gasteiger charge is -2.12. The molecule has 1 amide bonds. The molecule has 0 fully saturated rings. The van der Waals surface area contributed by atoms with Crippen molar-refractivity contribution in [3.05, 3.63) is 94.3 Å². The topological polar surface area (TPSA) is 54.9 Å². The Morgan fingerprint density at radius 2 is 1.90 bits per heavy atom. The summed E-state index contributed by atoms with van der Waals surface area (Å²) < 4.78 is 0. The number of benzene rings is 2. The minimum atomic E-state index is -0.184. The van der Waals surface area contributed by atoms with Gasteiger partial charge in [-0.2, -0.15) is 0 Å². The van der Waals surface area contributed by atoms with Gasteiger partial charge in [0.1, 0.15) is 0 Å². The second-order valence-electron chi connectivity index (χ2n) is 7.04. The zero-order valence-electron chi connectivity index (χ0n) is 16.2. The van der Waals surface area contributed by atoms with E-state index in [4.69, 9.17) is 16.6 Å². The summed E-state index contributed by atoms with van der Waals surface area (Å²) in [5.41, 5.74) is 6.15. The molecule has 1 N–H and O–H groups in total. The summed E-state index contributed by atoms with van der Waals surface area (Å²) >= 11 is 6.20. The van der Waals surface area contributed by atoms with E-state index >= 15 is 0 Å². The molecule has 0 aliphatic heterocycles. The molecule has 4 nitrogen and oxygen atoms in total. The Balaban J connectivity index is 1.78. The molecule has 0 atom stereocenters. The van der Waals surface area contributed by atoms with Crippen LogP contribution in [0.5, 0.6) is 0 Å². The first-order chi connectivity index (χ1) is 14.0. The third-order valence-electron chi connectivity index (χ3n) is 4.83. The second-order valence-corrected chi connectivity index (χ2v) is 7.48. The molecular formula is C24H20ClN3O. The van der Waals surface area contributed by atoms with Gasteiger partial charge in [0.15, 0.2) is 0 Å². The first-order valence-corrected chi connectivity index (χ1v) is 9.75. The molecule has 5 heteroatoms. The van der Waals surface area contributed by atoms with Crippen LogP contribution in [-0.2, 0) is 6.54 Å². The van der Waals surface area contributed by atoms with Gasteiger partial charge in [-0.25, -0.2) is 4.98 Å². The summed E-state index contributed by atoms with van der Waals surface area (Å²) in [5.74, 6) is -0.184. The van der Waals surface area contributed by atoms with Crippen molar-refractivity contribution in [3.8, 4) is 11.3 Å². The van der Waals surface area contributed by atoms with Gasteiger partial charge in [0.2, 0.25) is 0 Å². The van der Waals surface area contributed by atoms with Gasteiger partial charge in [0, 0.05) is 22.2 Å². The fourth-order valence-corrected chi connectivity index (χ4v) is 3.57. The summed E-state index contributed by atoms with van der Waals surface area (Å²) in [7, 11) is 0. The molecule has 2 aromatic carbocycles. The van der Waals surface area contributed by atoms with E-state index in [1.807, 2.05) is 36.4 Å². The van der Waals surface area contributed by atoms with Crippen LogP contribution in [0.3, 0.4) is 0 Å². The molecule has 0 saturated carbocycles. The Bertz CT molecular complexity index is 1210. The molecule has 0 unspecified atom stereocenters. The monoisotopic (exact) mass is 401 g/mol. The highest BCUT2D eigenvalue weighted by atomic mass is 35.5. The van der Waals surface area contributed by atoms with Crippen molar-refractivity contribution < 1.29 is 4.79 Å². The van der Waals surface area contributed by atoms with Crippen molar-refractivity contribution in [1.82, 2.24) is 15.3 Å². The van der Waals surface area contributed by atoms with E-state index < -0.39 is 0 Å². The first-order valence-electron chi connectivity index (χ1n) is 9.37. The Morgan fingerprint density at radius 3 is 2.66 bits per heavy atom. The van der Waals surface area contributed by atoms with Crippen LogP contribution >= 0.6 is 11.6 Å². The second kappa shape index (κ2) is 8.02. The quantitative estimate of drug-likeness (QED) is 0.491. The van der Waals surface area contributed by atoms with Crippen LogP contribution in [0.2, 0.25) is 5.02 Å². The number of hydrogen-bond acceptors (Lipinski definition) is 3. The summed E-state index contributed by atoms with van der Waals surface area (Å²) in [6.45, 7) is 4.46. The van der Waals surface area contributed by atoms with Gasteiger partial charge in [0.05, 0.1) is 29.0 Å². The number of aromatic nitrogens is 2. The van der Waals surface area contributed by atoms with Crippen molar-refractivity contribution in [2.45, 2.75) is 20.4 Å².